The zero-order chi connectivity index (χ0) is 14.5. The van der Waals surface area contributed by atoms with Gasteiger partial charge in [-0.05, 0) is 57.4 Å². The molecule has 0 aliphatic heterocycles. The minimum atomic E-state index is 0.264. The van der Waals surface area contributed by atoms with Crippen LogP contribution in [-0.2, 0) is 4.79 Å². The summed E-state index contributed by atoms with van der Waals surface area (Å²) in [5, 5.41) is 0. The van der Waals surface area contributed by atoms with Crippen molar-refractivity contribution in [1.82, 2.24) is 0 Å². The molecule has 1 aliphatic carbocycles. The maximum Gasteiger partial charge on any atom is 0.130 e. The van der Waals surface area contributed by atoms with Crippen molar-refractivity contribution < 1.29 is 4.79 Å². The number of ketones is 1. The highest BCUT2D eigenvalue weighted by molar-refractivity contribution is 5.75. The predicted molar refractivity (Wildman–Crippen MR) is 83.1 cm³/mol. The molecule has 106 valence electrons. The summed E-state index contributed by atoms with van der Waals surface area (Å²) in [6, 6.07) is 0. The molecule has 0 spiro atoms. The van der Waals surface area contributed by atoms with Crippen LogP contribution in [0.25, 0.3) is 0 Å². The molecule has 1 nitrogen and oxygen atoms in total. The lowest BCUT2D eigenvalue weighted by molar-refractivity contribution is -0.116. The van der Waals surface area contributed by atoms with E-state index in [-0.39, 0.29) is 5.78 Å². The lowest BCUT2D eigenvalue weighted by atomic mass is 9.72. The third-order valence-corrected chi connectivity index (χ3v) is 4.02. The molecule has 1 aliphatic rings. The van der Waals surface area contributed by atoms with Gasteiger partial charge in [0.2, 0.25) is 0 Å². The van der Waals surface area contributed by atoms with Crippen molar-refractivity contribution in [2.45, 2.75) is 66.7 Å². The average Bonchev–Trinajstić information content (AvgIpc) is 2.26. The normalized spacial score (nSPS) is 20.2. The Hall–Kier alpha value is -1.11. The molecular formula is C18H28O. The first-order valence-electron chi connectivity index (χ1n) is 7.37. The van der Waals surface area contributed by atoms with Gasteiger partial charge in [0.25, 0.3) is 0 Å². The Labute approximate surface area is 118 Å². The summed E-state index contributed by atoms with van der Waals surface area (Å²) < 4.78 is 0. The van der Waals surface area contributed by atoms with Crippen LogP contribution in [0.15, 0.2) is 34.9 Å². The second-order valence-electron chi connectivity index (χ2n) is 6.45. The van der Waals surface area contributed by atoms with Crippen molar-refractivity contribution >= 4 is 5.78 Å². The topological polar surface area (TPSA) is 17.1 Å². The molecule has 19 heavy (non-hydrogen) atoms. The number of hydrogen-bond acceptors (Lipinski definition) is 1. The second kappa shape index (κ2) is 6.88. The summed E-state index contributed by atoms with van der Waals surface area (Å²) in [5.41, 5.74) is 4.59. The molecule has 0 aromatic rings. The van der Waals surface area contributed by atoms with Crippen LogP contribution >= 0.6 is 0 Å². The van der Waals surface area contributed by atoms with Gasteiger partial charge in [0.05, 0.1) is 0 Å². The Morgan fingerprint density at radius 2 is 2.00 bits per heavy atom. The number of Topliss-reactive ketones (excluding diaryl/α,β-unsaturated/α-hetero) is 1. The number of carbonyl (C=O) groups excluding carboxylic acids is 1. The highest BCUT2D eigenvalue weighted by Gasteiger charge is 2.26. The van der Waals surface area contributed by atoms with Gasteiger partial charge < -0.3 is 4.79 Å². The zero-order valence-electron chi connectivity index (χ0n) is 13.2. The molecule has 0 atom stereocenters. The van der Waals surface area contributed by atoms with E-state index >= 15 is 0 Å². The summed E-state index contributed by atoms with van der Waals surface area (Å²) in [6.07, 6.45) is 12.0. The number of rotatable bonds is 5. The minimum absolute atomic E-state index is 0.264. The highest BCUT2D eigenvalue weighted by atomic mass is 16.1. The van der Waals surface area contributed by atoms with E-state index < -0.39 is 0 Å². The quantitative estimate of drug-likeness (QED) is 0.606. The minimum Gasteiger partial charge on any atom is -0.300 e. The Morgan fingerprint density at radius 1 is 1.32 bits per heavy atom. The standard InChI is InChI=1S/C18H28O/c1-14(8-6-10-16(3)19)11-12-17-15(2)9-7-13-18(17,4)5/h8,11-12H,6-7,9-10,13H2,1-5H3/b12-11+,14-8+. The first-order chi connectivity index (χ1) is 8.83. The van der Waals surface area contributed by atoms with Crippen LogP contribution in [0.5, 0.6) is 0 Å². The van der Waals surface area contributed by atoms with Crippen LogP contribution in [0.4, 0.5) is 0 Å². The Balaban J connectivity index is 2.71. The van der Waals surface area contributed by atoms with Crippen LogP contribution < -0.4 is 0 Å². The number of carbonyl (C=O) groups is 1. The summed E-state index contributed by atoms with van der Waals surface area (Å²) in [6.45, 7) is 10.7. The molecule has 0 aromatic carbocycles. The molecule has 0 saturated carbocycles. The Bertz CT molecular complexity index is 419. The van der Waals surface area contributed by atoms with Gasteiger partial charge in [-0.2, -0.15) is 0 Å². The molecule has 0 radical (unpaired) electrons. The van der Waals surface area contributed by atoms with Crippen molar-refractivity contribution in [2.24, 2.45) is 5.41 Å². The van der Waals surface area contributed by atoms with Gasteiger partial charge in [-0.25, -0.2) is 0 Å². The van der Waals surface area contributed by atoms with Gasteiger partial charge in [-0.1, -0.05) is 43.2 Å². The van der Waals surface area contributed by atoms with Crippen molar-refractivity contribution in [3.8, 4) is 0 Å². The predicted octanol–water partition coefficient (Wildman–Crippen LogP) is 5.38. The van der Waals surface area contributed by atoms with Gasteiger partial charge in [0.15, 0.2) is 0 Å². The molecule has 0 fully saturated rings. The van der Waals surface area contributed by atoms with Gasteiger partial charge in [-0.15, -0.1) is 0 Å². The van der Waals surface area contributed by atoms with Crippen LogP contribution in [0, 0.1) is 5.41 Å². The highest BCUT2D eigenvalue weighted by Crippen LogP contribution is 2.40. The molecule has 0 bridgehead atoms. The summed E-state index contributed by atoms with van der Waals surface area (Å²) in [7, 11) is 0. The third kappa shape index (κ3) is 5.18. The van der Waals surface area contributed by atoms with Crippen molar-refractivity contribution in [3.05, 3.63) is 34.9 Å². The first kappa shape index (κ1) is 15.9. The van der Waals surface area contributed by atoms with Crippen molar-refractivity contribution in [1.29, 1.82) is 0 Å². The van der Waals surface area contributed by atoms with Gasteiger partial charge in [0, 0.05) is 6.42 Å². The van der Waals surface area contributed by atoms with Crippen LogP contribution in [0.3, 0.4) is 0 Å². The van der Waals surface area contributed by atoms with E-state index in [0.717, 1.165) is 6.42 Å². The van der Waals surface area contributed by atoms with E-state index in [9.17, 15) is 4.79 Å². The fourth-order valence-electron chi connectivity index (χ4n) is 2.80. The maximum absolute atomic E-state index is 10.9. The summed E-state index contributed by atoms with van der Waals surface area (Å²) >= 11 is 0. The lowest BCUT2D eigenvalue weighted by Crippen LogP contribution is -2.19. The number of allylic oxidation sites excluding steroid dienone is 6. The van der Waals surface area contributed by atoms with Gasteiger partial charge in [0.1, 0.15) is 5.78 Å². The van der Waals surface area contributed by atoms with Crippen LogP contribution in [-0.4, -0.2) is 5.78 Å². The molecule has 0 saturated heterocycles. The Morgan fingerprint density at radius 3 is 2.58 bits per heavy atom. The molecule has 0 N–H and O–H groups in total. The van der Waals surface area contributed by atoms with E-state index in [1.165, 1.54) is 36.0 Å². The van der Waals surface area contributed by atoms with Crippen molar-refractivity contribution in [3.63, 3.8) is 0 Å². The lowest BCUT2D eigenvalue weighted by Gasteiger charge is -2.32. The molecular weight excluding hydrogens is 232 g/mol. The second-order valence-corrected chi connectivity index (χ2v) is 6.45. The van der Waals surface area contributed by atoms with Crippen molar-refractivity contribution in [2.75, 3.05) is 0 Å². The largest absolute Gasteiger partial charge is 0.300 e. The maximum atomic E-state index is 10.9. The average molecular weight is 260 g/mol. The smallest absolute Gasteiger partial charge is 0.130 e. The van der Waals surface area contributed by atoms with E-state index in [0.29, 0.717) is 11.8 Å². The molecule has 0 amide bonds. The van der Waals surface area contributed by atoms with Crippen LogP contribution in [0.2, 0.25) is 0 Å². The summed E-state index contributed by atoms with van der Waals surface area (Å²) in [4.78, 5) is 10.9. The fourth-order valence-corrected chi connectivity index (χ4v) is 2.80. The molecule has 0 heterocycles. The van der Waals surface area contributed by atoms with E-state index in [4.69, 9.17) is 0 Å². The van der Waals surface area contributed by atoms with Crippen LogP contribution in [0.1, 0.15) is 66.7 Å². The molecule has 1 heteroatoms. The third-order valence-electron chi connectivity index (χ3n) is 4.02. The SMILES string of the molecule is CC(=O)CC/C=C(C)/C=C/C1=C(C)CCCC1(C)C. The van der Waals surface area contributed by atoms with Gasteiger partial charge in [-0.3, -0.25) is 0 Å². The molecule has 1 rings (SSSR count). The number of hydrogen-bond donors (Lipinski definition) is 0. The van der Waals surface area contributed by atoms with E-state index in [1.807, 2.05) is 0 Å². The summed E-state index contributed by atoms with van der Waals surface area (Å²) in [5.74, 6) is 0.264. The fraction of sp³-hybridized carbons (Fsp3) is 0.611. The molecule has 0 unspecified atom stereocenters. The van der Waals surface area contributed by atoms with Gasteiger partial charge >= 0.3 is 0 Å². The zero-order valence-corrected chi connectivity index (χ0v) is 13.2. The Kier molecular flexibility index (Phi) is 5.78. The molecule has 0 aromatic heterocycles. The van der Waals surface area contributed by atoms with E-state index in [2.05, 4.69) is 45.9 Å². The first-order valence-corrected chi connectivity index (χ1v) is 7.37. The monoisotopic (exact) mass is 260 g/mol. The van der Waals surface area contributed by atoms with E-state index in [1.54, 1.807) is 6.92 Å².